The predicted octanol–water partition coefficient (Wildman–Crippen LogP) is 4.12. The standard InChI is InChI=1S/C14H12BrFN2O3/c1-21-14-5-2-9(6-11(14)15)8-17-12-4-3-10(16)7-13(12)18(19)20/h2-7,17H,8H2,1H3. The molecule has 0 saturated heterocycles. The van der Waals surface area contributed by atoms with E-state index in [1.807, 2.05) is 12.1 Å². The first-order valence-corrected chi connectivity index (χ1v) is 6.81. The van der Waals surface area contributed by atoms with Gasteiger partial charge in [-0.3, -0.25) is 10.1 Å². The number of benzene rings is 2. The van der Waals surface area contributed by atoms with Crippen LogP contribution in [-0.4, -0.2) is 12.0 Å². The second-order valence-corrected chi connectivity index (χ2v) is 5.10. The molecular formula is C14H12BrFN2O3. The molecule has 0 radical (unpaired) electrons. The van der Waals surface area contributed by atoms with Crippen LogP contribution in [0.1, 0.15) is 5.56 Å². The van der Waals surface area contributed by atoms with Gasteiger partial charge < -0.3 is 10.1 Å². The van der Waals surface area contributed by atoms with Crippen molar-refractivity contribution in [1.29, 1.82) is 0 Å². The van der Waals surface area contributed by atoms with E-state index in [0.717, 1.165) is 16.1 Å². The summed E-state index contributed by atoms with van der Waals surface area (Å²) >= 11 is 3.37. The third-order valence-corrected chi connectivity index (χ3v) is 3.48. The van der Waals surface area contributed by atoms with E-state index in [2.05, 4.69) is 21.2 Å². The first-order chi connectivity index (χ1) is 10.0. The largest absolute Gasteiger partial charge is 0.496 e. The number of nitro groups is 1. The van der Waals surface area contributed by atoms with Crippen LogP contribution in [0.25, 0.3) is 0 Å². The fraction of sp³-hybridized carbons (Fsp3) is 0.143. The molecule has 7 heteroatoms. The molecule has 0 unspecified atom stereocenters. The van der Waals surface area contributed by atoms with Crippen molar-refractivity contribution in [1.82, 2.24) is 0 Å². The van der Waals surface area contributed by atoms with E-state index in [0.29, 0.717) is 12.3 Å². The molecule has 0 saturated carbocycles. The number of anilines is 1. The lowest BCUT2D eigenvalue weighted by atomic mass is 10.2. The molecule has 0 aliphatic carbocycles. The van der Waals surface area contributed by atoms with Crippen molar-refractivity contribution in [2.24, 2.45) is 0 Å². The normalized spacial score (nSPS) is 10.2. The van der Waals surface area contributed by atoms with E-state index in [4.69, 9.17) is 4.74 Å². The van der Waals surface area contributed by atoms with Crippen LogP contribution in [0.5, 0.6) is 5.75 Å². The van der Waals surface area contributed by atoms with Gasteiger partial charge in [0.05, 0.1) is 22.6 Å². The molecule has 0 aromatic heterocycles. The maximum absolute atomic E-state index is 13.1. The number of nitrogens with one attached hydrogen (secondary N) is 1. The lowest BCUT2D eigenvalue weighted by molar-refractivity contribution is -0.384. The van der Waals surface area contributed by atoms with Gasteiger partial charge in [-0.1, -0.05) is 6.07 Å². The third kappa shape index (κ3) is 3.69. The first kappa shape index (κ1) is 15.2. The maximum Gasteiger partial charge on any atom is 0.295 e. The number of ether oxygens (including phenoxy) is 1. The van der Waals surface area contributed by atoms with Gasteiger partial charge in [0.2, 0.25) is 0 Å². The molecule has 2 aromatic carbocycles. The molecule has 2 rings (SSSR count). The Morgan fingerprint density at radius 1 is 1.33 bits per heavy atom. The summed E-state index contributed by atoms with van der Waals surface area (Å²) < 4.78 is 19.0. The Morgan fingerprint density at radius 2 is 2.10 bits per heavy atom. The summed E-state index contributed by atoms with van der Waals surface area (Å²) in [6.45, 7) is 0.370. The van der Waals surface area contributed by atoms with E-state index in [1.54, 1.807) is 13.2 Å². The third-order valence-electron chi connectivity index (χ3n) is 2.86. The zero-order valence-corrected chi connectivity index (χ0v) is 12.7. The van der Waals surface area contributed by atoms with Crippen molar-refractivity contribution in [2.75, 3.05) is 12.4 Å². The fourth-order valence-corrected chi connectivity index (χ4v) is 2.41. The van der Waals surface area contributed by atoms with Crippen molar-refractivity contribution in [3.63, 3.8) is 0 Å². The number of hydrogen-bond donors (Lipinski definition) is 1. The molecule has 2 aromatic rings. The Kier molecular flexibility index (Phi) is 4.74. The summed E-state index contributed by atoms with van der Waals surface area (Å²) in [4.78, 5) is 10.3. The van der Waals surface area contributed by atoms with Gasteiger partial charge in [-0.05, 0) is 45.8 Å². The Morgan fingerprint density at radius 3 is 2.71 bits per heavy atom. The Hall–Kier alpha value is -2.15. The summed E-state index contributed by atoms with van der Waals surface area (Å²) in [6.07, 6.45) is 0. The van der Waals surface area contributed by atoms with Crippen LogP contribution in [0.2, 0.25) is 0 Å². The van der Waals surface area contributed by atoms with Gasteiger partial charge in [0, 0.05) is 6.54 Å². The average Bonchev–Trinajstić information content (AvgIpc) is 2.46. The molecule has 0 spiro atoms. The van der Waals surface area contributed by atoms with Gasteiger partial charge in [-0.2, -0.15) is 0 Å². The van der Waals surface area contributed by atoms with Crippen LogP contribution >= 0.6 is 15.9 Å². The van der Waals surface area contributed by atoms with Crippen molar-refractivity contribution in [3.8, 4) is 5.75 Å². The number of halogens is 2. The highest BCUT2D eigenvalue weighted by molar-refractivity contribution is 9.10. The van der Waals surface area contributed by atoms with E-state index < -0.39 is 10.7 Å². The Labute approximate surface area is 129 Å². The van der Waals surface area contributed by atoms with Gasteiger partial charge in [0.15, 0.2) is 0 Å². The molecule has 5 nitrogen and oxygen atoms in total. The molecular weight excluding hydrogens is 343 g/mol. The minimum absolute atomic E-state index is 0.272. The summed E-state index contributed by atoms with van der Waals surface area (Å²) in [7, 11) is 1.57. The molecule has 0 heterocycles. The van der Waals surface area contributed by atoms with Crippen molar-refractivity contribution in [3.05, 3.63) is 62.4 Å². The molecule has 110 valence electrons. The second-order valence-electron chi connectivity index (χ2n) is 4.24. The van der Waals surface area contributed by atoms with Gasteiger partial charge >= 0.3 is 0 Å². The highest BCUT2D eigenvalue weighted by atomic mass is 79.9. The fourth-order valence-electron chi connectivity index (χ4n) is 1.82. The van der Waals surface area contributed by atoms with E-state index in [9.17, 15) is 14.5 Å². The molecule has 0 bridgehead atoms. The van der Waals surface area contributed by atoms with E-state index in [-0.39, 0.29) is 11.4 Å². The molecule has 0 amide bonds. The SMILES string of the molecule is COc1ccc(CNc2ccc(F)cc2[N+](=O)[O-])cc1Br. The number of rotatable bonds is 5. The molecule has 21 heavy (non-hydrogen) atoms. The highest BCUT2D eigenvalue weighted by Gasteiger charge is 2.14. The zero-order valence-electron chi connectivity index (χ0n) is 11.1. The number of nitrogens with zero attached hydrogens (tertiary/aromatic N) is 1. The lowest BCUT2D eigenvalue weighted by Crippen LogP contribution is -2.03. The van der Waals surface area contributed by atoms with Crippen LogP contribution in [0, 0.1) is 15.9 Å². The maximum atomic E-state index is 13.1. The van der Waals surface area contributed by atoms with Crippen LogP contribution in [0.15, 0.2) is 40.9 Å². The summed E-state index contributed by atoms with van der Waals surface area (Å²) in [5.41, 5.74) is 0.886. The molecule has 0 atom stereocenters. The van der Waals surface area contributed by atoms with Crippen molar-refractivity contribution in [2.45, 2.75) is 6.54 Å². The van der Waals surface area contributed by atoms with E-state index in [1.165, 1.54) is 12.1 Å². The minimum Gasteiger partial charge on any atom is -0.496 e. The van der Waals surface area contributed by atoms with Crippen LogP contribution in [0.4, 0.5) is 15.8 Å². The summed E-state index contributed by atoms with van der Waals surface area (Å²) in [5.74, 6) is 0.0611. The van der Waals surface area contributed by atoms with Gasteiger partial charge in [-0.15, -0.1) is 0 Å². The lowest BCUT2D eigenvalue weighted by Gasteiger charge is -2.09. The Bertz CT molecular complexity index is 679. The van der Waals surface area contributed by atoms with Crippen LogP contribution in [-0.2, 0) is 6.54 Å². The predicted molar refractivity (Wildman–Crippen MR) is 81.1 cm³/mol. The quantitative estimate of drug-likeness (QED) is 0.647. The highest BCUT2D eigenvalue weighted by Crippen LogP contribution is 2.28. The summed E-state index contributed by atoms with van der Waals surface area (Å²) in [5, 5.41) is 13.8. The topological polar surface area (TPSA) is 64.4 Å². The number of hydrogen-bond acceptors (Lipinski definition) is 4. The smallest absolute Gasteiger partial charge is 0.295 e. The molecule has 0 fully saturated rings. The molecule has 1 N–H and O–H groups in total. The first-order valence-electron chi connectivity index (χ1n) is 6.01. The molecule has 0 aliphatic rings. The molecule has 0 aliphatic heterocycles. The monoisotopic (exact) mass is 354 g/mol. The zero-order chi connectivity index (χ0) is 15.4. The van der Waals surface area contributed by atoms with Gasteiger partial charge in [0.25, 0.3) is 5.69 Å². The number of methoxy groups -OCH3 is 1. The average molecular weight is 355 g/mol. The second kappa shape index (κ2) is 6.53. The van der Waals surface area contributed by atoms with Crippen LogP contribution in [0.3, 0.4) is 0 Å². The van der Waals surface area contributed by atoms with Crippen molar-refractivity contribution < 1.29 is 14.1 Å². The van der Waals surface area contributed by atoms with Gasteiger partial charge in [-0.25, -0.2) is 4.39 Å². The van der Waals surface area contributed by atoms with Crippen LogP contribution < -0.4 is 10.1 Å². The van der Waals surface area contributed by atoms with Gasteiger partial charge in [0.1, 0.15) is 17.3 Å². The summed E-state index contributed by atoms with van der Waals surface area (Å²) in [6, 6.07) is 8.91. The van der Waals surface area contributed by atoms with Crippen molar-refractivity contribution >= 4 is 27.3 Å². The van der Waals surface area contributed by atoms with E-state index >= 15 is 0 Å². The minimum atomic E-state index is -0.639. The Balaban J connectivity index is 2.16. The number of nitro benzene ring substituents is 1.